The number of nitrogens with zero attached hydrogens (tertiary/aromatic N) is 1. The van der Waals surface area contributed by atoms with Gasteiger partial charge in [-0.05, 0) is 6.92 Å². The molecule has 1 aliphatic rings. The number of hydrogen-bond donors (Lipinski definition) is 1. The predicted octanol–water partition coefficient (Wildman–Crippen LogP) is 0.703. The summed E-state index contributed by atoms with van der Waals surface area (Å²) in [5.41, 5.74) is 0. The zero-order valence-corrected chi connectivity index (χ0v) is 9.55. The SMILES string of the molecule is CC(F)(F)C(=O)C1(C)SC(=S)N(N)C1=O. The van der Waals surface area contributed by atoms with Crippen molar-refractivity contribution in [2.75, 3.05) is 0 Å². The summed E-state index contributed by atoms with van der Waals surface area (Å²) in [6.45, 7) is 1.54. The van der Waals surface area contributed by atoms with Gasteiger partial charge in [0, 0.05) is 6.92 Å². The minimum atomic E-state index is -3.59. The van der Waals surface area contributed by atoms with E-state index in [2.05, 4.69) is 12.2 Å². The Morgan fingerprint density at radius 1 is 1.67 bits per heavy atom. The monoisotopic (exact) mass is 254 g/mol. The molecule has 0 saturated carbocycles. The molecular formula is C7H8F2N2O2S2. The number of carbonyl (C=O) groups excluding carboxylic acids is 2. The van der Waals surface area contributed by atoms with Crippen molar-refractivity contribution >= 4 is 40.0 Å². The average molecular weight is 254 g/mol. The van der Waals surface area contributed by atoms with E-state index in [0.717, 1.165) is 6.92 Å². The molecule has 84 valence electrons. The van der Waals surface area contributed by atoms with Crippen molar-refractivity contribution in [3.8, 4) is 0 Å². The Labute approximate surface area is 94.1 Å². The Hall–Kier alpha value is -0.600. The zero-order valence-electron chi connectivity index (χ0n) is 7.91. The molecular weight excluding hydrogens is 246 g/mol. The van der Waals surface area contributed by atoms with Gasteiger partial charge in [-0.1, -0.05) is 24.0 Å². The summed E-state index contributed by atoms with van der Waals surface area (Å²) < 4.78 is 23.6. The van der Waals surface area contributed by atoms with Crippen LogP contribution in [0, 0.1) is 0 Å². The van der Waals surface area contributed by atoms with Crippen molar-refractivity contribution in [3.63, 3.8) is 0 Å². The molecule has 1 heterocycles. The number of hydrogen-bond acceptors (Lipinski definition) is 5. The Balaban J connectivity index is 3.10. The van der Waals surface area contributed by atoms with Crippen molar-refractivity contribution in [2.45, 2.75) is 24.5 Å². The summed E-state index contributed by atoms with van der Waals surface area (Å²) in [4.78, 5) is 22.8. The normalized spacial score (nSPS) is 27.4. The molecule has 1 fully saturated rings. The molecule has 0 aliphatic carbocycles. The lowest BCUT2D eigenvalue weighted by atomic mass is 10.00. The van der Waals surface area contributed by atoms with Crippen molar-refractivity contribution in [1.82, 2.24) is 5.01 Å². The zero-order chi connectivity index (χ0) is 12.0. The van der Waals surface area contributed by atoms with Crippen LogP contribution in [-0.4, -0.2) is 31.7 Å². The second-order valence-corrected chi connectivity index (χ2v) is 5.35. The maximum Gasteiger partial charge on any atom is 0.304 e. The first-order chi connectivity index (χ1) is 6.60. The molecule has 0 spiro atoms. The quantitative estimate of drug-likeness (QED) is 0.340. The van der Waals surface area contributed by atoms with Gasteiger partial charge in [0.2, 0.25) is 5.78 Å². The van der Waals surface area contributed by atoms with Gasteiger partial charge < -0.3 is 0 Å². The molecule has 1 atom stereocenters. The number of amides is 1. The molecule has 0 aromatic carbocycles. The smallest absolute Gasteiger partial charge is 0.291 e. The molecule has 1 saturated heterocycles. The van der Waals surface area contributed by atoms with E-state index < -0.39 is 22.4 Å². The molecule has 8 heteroatoms. The van der Waals surface area contributed by atoms with Crippen molar-refractivity contribution in [1.29, 1.82) is 0 Å². The van der Waals surface area contributed by atoms with E-state index in [1.807, 2.05) is 0 Å². The summed E-state index contributed by atoms with van der Waals surface area (Å²) in [6, 6.07) is 0. The summed E-state index contributed by atoms with van der Waals surface area (Å²) in [7, 11) is 0. The van der Waals surface area contributed by atoms with E-state index >= 15 is 0 Å². The Bertz CT molecular complexity index is 355. The van der Waals surface area contributed by atoms with Crippen LogP contribution in [-0.2, 0) is 9.59 Å². The van der Waals surface area contributed by atoms with Gasteiger partial charge >= 0.3 is 5.92 Å². The van der Waals surface area contributed by atoms with Crippen LogP contribution in [0.15, 0.2) is 0 Å². The molecule has 0 aromatic heterocycles. The summed E-state index contributed by atoms with van der Waals surface area (Å²) in [6.07, 6.45) is 0. The summed E-state index contributed by atoms with van der Waals surface area (Å²) >= 11 is 5.23. The highest BCUT2D eigenvalue weighted by Gasteiger charge is 2.58. The molecule has 2 N–H and O–H groups in total. The van der Waals surface area contributed by atoms with Crippen LogP contribution in [0.2, 0.25) is 0 Å². The highest BCUT2D eigenvalue weighted by molar-refractivity contribution is 8.25. The second-order valence-electron chi connectivity index (χ2n) is 3.29. The van der Waals surface area contributed by atoms with Crippen LogP contribution in [0.25, 0.3) is 0 Å². The number of halogens is 2. The first kappa shape index (κ1) is 12.5. The third-order valence-corrected chi connectivity index (χ3v) is 3.53. The maximum atomic E-state index is 12.8. The van der Waals surface area contributed by atoms with Crippen molar-refractivity contribution in [2.24, 2.45) is 5.84 Å². The molecule has 0 aromatic rings. The number of nitrogens with two attached hydrogens (primary N) is 1. The number of thiocarbonyl (C=S) groups is 1. The standard InChI is InChI=1S/C7H8F2N2O2S2/c1-6(3(12)7(2,8)9)4(13)11(10)5(14)15-6/h10H2,1-2H3. The van der Waals surface area contributed by atoms with Gasteiger partial charge in [-0.3, -0.25) is 9.59 Å². The molecule has 0 radical (unpaired) electrons. The summed E-state index contributed by atoms with van der Waals surface area (Å²) in [5.74, 6) is -0.781. The number of carbonyl (C=O) groups is 2. The predicted molar refractivity (Wildman–Crippen MR) is 55.3 cm³/mol. The molecule has 1 rings (SSSR count). The second kappa shape index (κ2) is 3.46. The molecule has 4 nitrogen and oxygen atoms in total. The lowest BCUT2D eigenvalue weighted by Crippen LogP contribution is -2.50. The number of ketones is 1. The highest BCUT2D eigenvalue weighted by Crippen LogP contribution is 2.40. The Kier molecular flexibility index (Phi) is 2.88. The molecule has 1 amide bonds. The third kappa shape index (κ3) is 1.88. The van der Waals surface area contributed by atoms with Gasteiger partial charge in [-0.25, -0.2) is 10.9 Å². The van der Waals surface area contributed by atoms with Crippen LogP contribution in [0.4, 0.5) is 8.78 Å². The van der Waals surface area contributed by atoms with Gasteiger partial charge in [-0.2, -0.15) is 8.78 Å². The third-order valence-electron chi connectivity index (χ3n) is 1.95. The summed E-state index contributed by atoms with van der Waals surface area (Å²) in [5, 5.41) is 0.545. The minimum Gasteiger partial charge on any atom is -0.291 e. The fraction of sp³-hybridized carbons (Fsp3) is 0.571. The van der Waals surface area contributed by atoms with Gasteiger partial charge in [0.15, 0.2) is 9.07 Å². The van der Waals surface area contributed by atoms with Gasteiger partial charge in [-0.15, -0.1) is 0 Å². The van der Waals surface area contributed by atoms with Gasteiger partial charge in [0.25, 0.3) is 5.91 Å². The number of alkyl halides is 2. The van der Waals surface area contributed by atoms with Gasteiger partial charge in [0.1, 0.15) is 0 Å². The molecule has 0 bridgehead atoms. The van der Waals surface area contributed by atoms with Crippen LogP contribution in [0.5, 0.6) is 0 Å². The maximum absolute atomic E-state index is 12.8. The topological polar surface area (TPSA) is 63.4 Å². The molecule has 1 aliphatic heterocycles. The number of hydrazine groups is 1. The fourth-order valence-electron chi connectivity index (χ4n) is 1.14. The van der Waals surface area contributed by atoms with Gasteiger partial charge in [0.05, 0.1) is 0 Å². The largest absolute Gasteiger partial charge is 0.304 e. The van der Waals surface area contributed by atoms with Crippen LogP contribution in [0.1, 0.15) is 13.8 Å². The van der Waals surface area contributed by atoms with Crippen molar-refractivity contribution in [3.05, 3.63) is 0 Å². The minimum absolute atomic E-state index is 0.0832. The van der Waals surface area contributed by atoms with Crippen molar-refractivity contribution < 1.29 is 18.4 Å². The first-order valence-corrected chi connectivity index (χ1v) is 5.08. The fourth-order valence-corrected chi connectivity index (χ4v) is 2.71. The lowest BCUT2D eigenvalue weighted by Gasteiger charge is -2.21. The number of thioether (sulfide) groups is 1. The van der Waals surface area contributed by atoms with E-state index in [-0.39, 0.29) is 4.32 Å². The van der Waals surface area contributed by atoms with Crippen LogP contribution in [0.3, 0.4) is 0 Å². The highest BCUT2D eigenvalue weighted by atomic mass is 32.2. The van der Waals surface area contributed by atoms with Crippen LogP contribution >= 0.6 is 24.0 Å². The van der Waals surface area contributed by atoms with E-state index in [1.165, 1.54) is 0 Å². The molecule has 15 heavy (non-hydrogen) atoms. The first-order valence-electron chi connectivity index (χ1n) is 3.85. The number of rotatable bonds is 2. The van der Waals surface area contributed by atoms with E-state index in [4.69, 9.17) is 5.84 Å². The Morgan fingerprint density at radius 2 is 2.13 bits per heavy atom. The average Bonchev–Trinajstić information content (AvgIpc) is 2.29. The number of Topliss-reactive ketones (excluding diaryl/α,β-unsaturated/α-hetero) is 1. The van der Waals surface area contributed by atoms with E-state index in [9.17, 15) is 18.4 Å². The lowest BCUT2D eigenvalue weighted by molar-refractivity contribution is -0.148. The molecule has 1 unspecified atom stereocenters. The van der Waals surface area contributed by atoms with E-state index in [1.54, 1.807) is 0 Å². The Morgan fingerprint density at radius 3 is 2.40 bits per heavy atom. The van der Waals surface area contributed by atoms with Crippen LogP contribution < -0.4 is 5.84 Å². The van der Waals surface area contributed by atoms with E-state index in [0.29, 0.717) is 23.7 Å².